The standard InChI is InChI=1S/C27H34BN3O7/c1-27(9-12-36-13-10-27)15-20(16-29)25(32)31-11-5-4-6-21(31)18-38-26(33)30-24(28(34)35)14-19-17-37-23-8-3-2-7-22(19)23/h2-3,7-8,15,17,21,24,34-35H,4-6,9-14,18H2,1H3,(H,30,33)/t21-,24?/m1/s1. The zero-order valence-corrected chi connectivity index (χ0v) is 21.6. The predicted molar refractivity (Wildman–Crippen MR) is 140 cm³/mol. The summed E-state index contributed by atoms with van der Waals surface area (Å²) in [7, 11) is -1.82. The zero-order chi connectivity index (χ0) is 27.1. The van der Waals surface area contributed by atoms with E-state index in [1.165, 1.54) is 6.26 Å². The number of fused-ring (bicyclic) bond motifs is 1. The maximum atomic E-state index is 13.3. The third-order valence-corrected chi connectivity index (χ3v) is 7.44. The van der Waals surface area contributed by atoms with E-state index >= 15 is 0 Å². The zero-order valence-electron chi connectivity index (χ0n) is 21.6. The van der Waals surface area contributed by atoms with Crippen LogP contribution in [-0.2, 0) is 20.7 Å². The SMILES string of the molecule is CC1(C=C(C#N)C(=O)N2CCCC[C@@H]2COC(=O)NC(Cc2coc3ccccc23)B(O)O)CCOCC1. The number of carbonyl (C=O) groups is 2. The number of piperidine rings is 1. The van der Waals surface area contributed by atoms with Crippen LogP contribution in [0.25, 0.3) is 11.0 Å². The number of alkyl carbamates (subject to hydrolysis) is 1. The maximum absolute atomic E-state index is 13.3. The van der Waals surface area contributed by atoms with Gasteiger partial charge in [0.1, 0.15) is 23.8 Å². The molecule has 0 bridgehead atoms. The van der Waals surface area contributed by atoms with Gasteiger partial charge in [0.2, 0.25) is 0 Å². The highest BCUT2D eigenvalue weighted by Crippen LogP contribution is 2.33. The van der Waals surface area contributed by atoms with Crippen LogP contribution in [0, 0.1) is 16.7 Å². The van der Waals surface area contributed by atoms with Crippen molar-refractivity contribution in [1.29, 1.82) is 5.26 Å². The number of hydrogen-bond acceptors (Lipinski definition) is 8. The van der Waals surface area contributed by atoms with Gasteiger partial charge in [-0.2, -0.15) is 5.26 Å². The second-order valence-corrected chi connectivity index (χ2v) is 10.3. The Morgan fingerprint density at radius 2 is 2.08 bits per heavy atom. The summed E-state index contributed by atoms with van der Waals surface area (Å²) in [6, 6.07) is 9.04. The van der Waals surface area contributed by atoms with Crippen molar-refractivity contribution in [3.05, 3.63) is 47.7 Å². The van der Waals surface area contributed by atoms with Crippen molar-refractivity contribution in [2.75, 3.05) is 26.4 Å². The molecule has 1 aromatic carbocycles. The van der Waals surface area contributed by atoms with Gasteiger partial charge in [-0.3, -0.25) is 4.79 Å². The van der Waals surface area contributed by atoms with Crippen LogP contribution in [0.15, 0.2) is 46.6 Å². The summed E-state index contributed by atoms with van der Waals surface area (Å²) in [6.45, 7) is 3.62. The molecule has 2 saturated heterocycles. The number of nitrogens with one attached hydrogen (secondary N) is 1. The molecule has 2 atom stereocenters. The minimum absolute atomic E-state index is 0.0652. The molecule has 10 nitrogen and oxygen atoms in total. The molecule has 1 aromatic heterocycles. The fraction of sp³-hybridized carbons (Fsp3) is 0.519. The molecule has 2 aromatic rings. The lowest BCUT2D eigenvalue weighted by Crippen LogP contribution is -2.50. The Bertz CT molecular complexity index is 1200. The summed E-state index contributed by atoms with van der Waals surface area (Å²) in [5.74, 6) is -1.38. The first-order valence-electron chi connectivity index (χ1n) is 13.1. The minimum atomic E-state index is -1.82. The van der Waals surface area contributed by atoms with Crippen LogP contribution in [-0.4, -0.2) is 72.4 Å². The van der Waals surface area contributed by atoms with Crippen LogP contribution in [0.5, 0.6) is 0 Å². The molecule has 2 amide bonds. The highest BCUT2D eigenvalue weighted by molar-refractivity contribution is 6.43. The number of para-hydroxylation sites is 1. The second kappa shape index (κ2) is 12.5. The Kier molecular flexibility index (Phi) is 9.10. The number of benzene rings is 1. The van der Waals surface area contributed by atoms with Gasteiger partial charge >= 0.3 is 13.2 Å². The Balaban J connectivity index is 1.37. The van der Waals surface area contributed by atoms with E-state index in [4.69, 9.17) is 13.9 Å². The van der Waals surface area contributed by atoms with Crippen LogP contribution < -0.4 is 5.32 Å². The monoisotopic (exact) mass is 523 g/mol. The van der Waals surface area contributed by atoms with Crippen molar-refractivity contribution >= 4 is 30.1 Å². The molecule has 0 aliphatic carbocycles. The van der Waals surface area contributed by atoms with Gasteiger partial charge in [0, 0.05) is 25.1 Å². The molecule has 38 heavy (non-hydrogen) atoms. The van der Waals surface area contributed by atoms with Gasteiger partial charge in [-0.05, 0) is 55.6 Å². The summed E-state index contributed by atoms with van der Waals surface area (Å²) < 4.78 is 16.3. The highest BCUT2D eigenvalue weighted by atomic mass is 16.5. The molecule has 202 valence electrons. The molecule has 3 N–H and O–H groups in total. The molecular weight excluding hydrogens is 489 g/mol. The number of furan rings is 1. The van der Waals surface area contributed by atoms with E-state index in [9.17, 15) is 24.9 Å². The summed E-state index contributed by atoms with van der Waals surface area (Å²) in [4.78, 5) is 27.5. The molecule has 2 fully saturated rings. The summed E-state index contributed by atoms with van der Waals surface area (Å²) in [6.07, 6.45) is 6.38. The Hall–Kier alpha value is -3.33. The van der Waals surface area contributed by atoms with E-state index in [0.717, 1.165) is 36.6 Å². The first kappa shape index (κ1) is 27.7. The van der Waals surface area contributed by atoms with Crippen LogP contribution in [0.2, 0.25) is 0 Å². The van der Waals surface area contributed by atoms with Crippen molar-refractivity contribution in [2.24, 2.45) is 5.41 Å². The van der Waals surface area contributed by atoms with Gasteiger partial charge in [-0.25, -0.2) is 4.79 Å². The minimum Gasteiger partial charge on any atom is -0.464 e. The lowest BCUT2D eigenvalue weighted by molar-refractivity contribution is -0.131. The Morgan fingerprint density at radius 1 is 1.32 bits per heavy atom. The fourth-order valence-corrected chi connectivity index (χ4v) is 5.09. The van der Waals surface area contributed by atoms with E-state index < -0.39 is 19.2 Å². The third kappa shape index (κ3) is 6.75. The number of rotatable bonds is 8. The molecule has 0 radical (unpaired) electrons. The van der Waals surface area contributed by atoms with Gasteiger partial charge in [0.05, 0.1) is 18.2 Å². The summed E-state index contributed by atoms with van der Waals surface area (Å²) in [5, 5.41) is 32.8. The van der Waals surface area contributed by atoms with E-state index in [1.54, 1.807) is 17.0 Å². The molecule has 3 heterocycles. The number of nitriles is 1. The topological polar surface area (TPSA) is 145 Å². The first-order chi connectivity index (χ1) is 18.3. The average Bonchev–Trinajstić information content (AvgIpc) is 3.33. The number of carbonyl (C=O) groups excluding carboxylic acids is 2. The van der Waals surface area contributed by atoms with Crippen LogP contribution in [0.4, 0.5) is 4.79 Å². The number of likely N-dealkylation sites (tertiary alicyclic amines) is 1. The quantitative estimate of drug-likeness (QED) is 0.272. The number of allylic oxidation sites excluding steroid dienone is 1. The number of hydrogen-bond donors (Lipinski definition) is 3. The van der Waals surface area contributed by atoms with E-state index in [0.29, 0.717) is 31.8 Å². The van der Waals surface area contributed by atoms with Gasteiger partial charge in [0.25, 0.3) is 5.91 Å². The molecule has 1 unspecified atom stereocenters. The van der Waals surface area contributed by atoms with Crippen LogP contribution in [0.1, 0.15) is 44.6 Å². The fourth-order valence-electron chi connectivity index (χ4n) is 5.09. The van der Waals surface area contributed by atoms with Crippen molar-refractivity contribution in [3.63, 3.8) is 0 Å². The van der Waals surface area contributed by atoms with E-state index in [-0.39, 0.29) is 36.0 Å². The van der Waals surface area contributed by atoms with E-state index in [1.807, 2.05) is 25.1 Å². The van der Waals surface area contributed by atoms with Gasteiger partial charge in [-0.15, -0.1) is 0 Å². The summed E-state index contributed by atoms with van der Waals surface area (Å²) >= 11 is 0. The molecule has 4 rings (SSSR count). The normalized spacial score (nSPS) is 20.4. The van der Waals surface area contributed by atoms with Crippen molar-refractivity contribution in [3.8, 4) is 6.07 Å². The predicted octanol–water partition coefficient (Wildman–Crippen LogP) is 2.73. The van der Waals surface area contributed by atoms with Gasteiger partial charge in [-0.1, -0.05) is 31.2 Å². The van der Waals surface area contributed by atoms with Crippen LogP contribution in [0.3, 0.4) is 0 Å². The molecule has 11 heteroatoms. The van der Waals surface area contributed by atoms with Crippen molar-refractivity contribution in [2.45, 2.75) is 57.4 Å². The Labute approximate surface area is 222 Å². The van der Waals surface area contributed by atoms with Gasteiger partial charge < -0.3 is 34.2 Å². The smallest absolute Gasteiger partial charge is 0.464 e. The largest absolute Gasteiger partial charge is 0.475 e. The first-order valence-corrected chi connectivity index (χ1v) is 13.1. The second-order valence-electron chi connectivity index (χ2n) is 10.3. The van der Waals surface area contributed by atoms with Crippen molar-refractivity contribution < 1.29 is 33.5 Å². The highest BCUT2D eigenvalue weighted by Gasteiger charge is 2.33. The molecular formula is C27H34BN3O7. The third-order valence-electron chi connectivity index (χ3n) is 7.44. The number of amides is 2. The van der Waals surface area contributed by atoms with Crippen LogP contribution >= 0.6 is 0 Å². The average molecular weight is 523 g/mol. The van der Waals surface area contributed by atoms with Crippen molar-refractivity contribution in [1.82, 2.24) is 10.2 Å². The lowest BCUT2D eigenvalue weighted by atomic mass is 9.76. The number of nitrogens with zero attached hydrogens (tertiary/aromatic N) is 2. The Morgan fingerprint density at radius 3 is 2.82 bits per heavy atom. The maximum Gasteiger partial charge on any atom is 0.475 e. The summed E-state index contributed by atoms with van der Waals surface area (Å²) in [5.41, 5.74) is 1.20. The molecule has 0 spiro atoms. The van der Waals surface area contributed by atoms with Gasteiger partial charge in [0.15, 0.2) is 0 Å². The molecule has 2 aliphatic heterocycles. The molecule has 0 saturated carbocycles. The molecule has 2 aliphatic rings. The number of ether oxygens (including phenoxy) is 2. The van der Waals surface area contributed by atoms with E-state index in [2.05, 4.69) is 11.4 Å². The lowest BCUT2D eigenvalue weighted by Gasteiger charge is -2.36.